The van der Waals surface area contributed by atoms with Crippen LogP contribution in [0.5, 0.6) is 0 Å². The van der Waals surface area contributed by atoms with E-state index in [0.717, 1.165) is 0 Å². The van der Waals surface area contributed by atoms with Crippen molar-refractivity contribution in [3.05, 3.63) is 0 Å². The standard InChI is InChI=1S/Al.Ba.H2O4S.3H/c;;1-5(2,3)4;;;/h;;(H2,1,2,3,4);;;/q;+2;;;;/p-2. The second kappa shape index (κ2) is 6.10. The van der Waals surface area contributed by atoms with Gasteiger partial charge in [0.25, 0.3) is 0 Å². The molecule has 0 N–H and O–H groups in total. The molecule has 0 aliphatic carbocycles. The van der Waals surface area contributed by atoms with Gasteiger partial charge >= 0.3 is 48.9 Å². The van der Waals surface area contributed by atoms with Crippen molar-refractivity contribution < 1.29 is 17.5 Å². The molecule has 0 aliphatic heterocycles. The Kier molecular flexibility index (Phi) is 13.9. The average Bonchev–Trinajstić information content (AvgIpc) is 0.722. The summed E-state index contributed by atoms with van der Waals surface area (Å²) in [5.74, 6) is 0. The van der Waals surface area contributed by atoms with Gasteiger partial charge in [0.2, 0.25) is 0 Å². The maximum atomic E-state index is 8.52. The fraction of sp³-hybridized carbons (Fsp3) is 0. The molecule has 0 radical (unpaired) electrons. The predicted octanol–water partition coefficient (Wildman–Crippen LogP) is -2.90. The van der Waals surface area contributed by atoms with Crippen molar-refractivity contribution in [3.63, 3.8) is 0 Å². The van der Waals surface area contributed by atoms with E-state index >= 15 is 0 Å². The summed E-state index contributed by atoms with van der Waals surface area (Å²) >= 11 is 0. The van der Waals surface area contributed by atoms with Gasteiger partial charge in [0.1, 0.15) is 0 Å². The molecular weight excluding hydrogens is 260 g/mol. The van der Waals surface area contributed by atoms with Crippen LogP contribution in [0.1, 0.15) is 0 Å². The molecule has 0 atom stereocenters. The molecule has 0 amide bonds. The van der Waals surface area contributed by atoms with E-state index in [1.807, 2.05) is 0 Å². The fourth-order valence-electron chi connectivity index (χ4n) is 0. The van der Waals surface area contributed by atoms with Crippen LogP contribution in [0.15, 0.2) is 0 Å². The van der Waals surface area contributed by atoms with E-state index in [2.05, 4.69) is 0 Å². The largest absolute Gasteiger partial charge is 2.00 e. The van der Waals surface area contributed by atoms with E-state index in [1.54, 1.807) is 0 Å². The van der Waals surface area contributed by atoms with Crippen LogP contribution in [-0.2, 0) is 10.4 Å². The first-order chi connectivity index (χ1) is 2.00. The summed E-state index contributed by atoms with van der Waals surface area (Å²) in [5, 5.41) is 0. The van der Waals surface area contributed by atoms with Crippen molar-refractivity contribution in [3.8, 4) is 0 Å². The van der Waals surface area contributed by atoms with Crippen LogP contribution in [0.2, 0.25) is 0 Å². The van der Waals surface area contributed by atoms with E-state index in [9.17, 15) is 0 Å². The van der Waals surface area contributed by atoms with Crippen molar-refractivity contribution in [2.45, 2.75) is 0 Å². The van der Waals surface area contributed by atoms with Gasteiger partial charge in [-0.05, 0) is 0 Å². The molecule has 0 unspecified atom stereocenters. The van der Waals surface area contributed by atoms with Crippen molar-refractivity contribution >= 4 is 76.6 Å². The summed E-state index contributed by atoms with van der Waals surface area (Å²) in [4.78, 5) is 0. The third-order valence-electron chi connectivity index (χ3n) is 0. The molecule has 0 saturated heterocycles. The zero-order valence-corrected chi connectivity index (χ0v) is 8.01. The molecule has 4 nitrogen and oxygen atoms in total. The minimum absolute atomic E-state index is 0. The van der Waals surface area contributed by atoms with Crippen molar-refractivity contribution in [1.29, 1.82) is 0 Å². The van der Waals surface area contributed by atoms with E-state index in [-0.39, 0.29) is 66.2 Å². The Labute approximate surface area is 92.5 Å². The quantitative estimate of drug-likeness (QED) is 0.267. The second-order valence-corrected chi connectivity index (χ2v) is 1.22. The van der Waals surface area contributed by atoms with Crippen LogP contribution in [0.4, 0.5) is 0 Å². The molecule has 0 aromatic carbocycles. The Bertz CT molecular complexity index is 94.9. The van der Waals surface area contributed by atoms with Crippen LogP contribution in [-0.4, -0.2) is 83.8 Å². The van der Waals surface area contributed by atoms with Crippen LogP contribution in [0.25, 0.3) is 0 Å². The summed E-state index contributed by atoms with van der Waals surface area (Å²) in [6, 6.07) is 0. The third-order valence-corrected chi connectivity index (χ3v) is 0. The fourth-order valence-corrected chi connectivity index (χ4v) is 0. The van der Waals surface area contributed by atoms with E-state index in [1.165, 1.54) is 0 Å². The van der Waals surface area contributed by atoms with Crippen molar-refractivity contribution in [1.82, 2.24) is 0 Å². The topological polar surface area (TPSA) is 80.3 Å². The summed E-state index contributed by atoms with van der Waals surface area (Å²) in [6.07, 6.45) is 0. The van der Waals surface area contributed by atoms with Gasteiger partial charge in [-0.25, -0.2) is 0 Å². The molecule has 0 saturated carbocycles. The van der Waals surface area contributed by atoms with Crippen molar-refractivity contribution in [2.75, 3.05) is 0 Å². The molecule has 7 heteroatoms. The molecule has 7 heavy (non-hydrogen) atoms. The van der Waals surface area contributed by atoms with Gasteiger partial charge in [-0.2, -0.15) is 0 Å². The molecule has 0 fully saturated rings. The Hall–Kier alpha value is 1.97. The van der Waals surface area contributed by atoms with Gasteiger partial charge in [-0.15, -0.1) is 0 Å². The molecule has 0 bridgehead atoms. The maximum Gasteiger partial charge on any atom is 2.00 e. The van der Waals surface area contributed by atoms with Gasteiger partial charge < -0.3 is 9.11 Å². The molecule has 0 aromatic rings. The van der Waals surface area contributed by atoms with Gasteiger partial charge in [-0.1, -0.05) is 0 Å². The molecule has 0 aliphatic rings. The first-order valence-corrected chi connectivity index (χ1v) is 2.00. The minimum Gasteiger partial charge on any atom is -0.759 e. The Morgan fingerprint density at radius 2 is 1.14 bits per heavy atom. The average molecular weight is 263 g/mol. The third kappa shape index (κ3) is 73.0. The summed E-state index contributed by atoms with van der Waals surface area (Å²) < 4.78 is 34.1. The van der Waals surface area contributed by atoms with Crippen LogP contribution < -0.4 is 0 Å². The number of hydrogen-bond donors (Lipinski definition) is 0. The van der Waals surface area contributed by atoms with Crippen LogP contribution >= 0.6 is 0 Å². The normalized spacial score (nSPS) is 8.29. The second-order valence-electron chi connectivity index (χ2n) is 0.408. The van der Waals surface area contributed by atoms with E-state index in [4.69, 9.17) is 17.5 Å². The molecule has 0 spiro atoms. The zero-order valence-electron chi connectivity index (χ0n) is 2.75. The molecule has 0 aromatic heterocycles. The molecular formula is H3AlBaO4S. The van der Waals surface area contributed by atoms with Gasteiger partial charge in [0, 0.05) is 10.4 Å². The Morgan fingerprint density at radius 3 is 1.14 bits per heavy atom. The smallest absolute Gasteiger partial charge is 0.759 e. The summed E-state index contributed by atoms with van der Waals surface area (Å²) in [5.41, 5.74) is 0. The molecule has 0 rings (SSSR count). The number of hydrogen-bond acceptors (Lipinski definition) is 4. The summed E-state index contributed by atoms with van der Waals surface area (Å²) in [7, 11) is -5.17. The van der Waals surface area contributed by atoms with Gasteiger partial charge in [-0.3, -0.25) is 8.42 Å². The predicted molar refractivity (Wildman–Crippen MR) is 26.2 cm³/mol. The monoisotopic (exact) mass is 264 g/mol. The number of rotatable bonds is 0. The van der Waals surface area contributed by atoms with Crippen LogP contribution in [0, 0.1) is 0 Å². The van der Waals surface area contributed by atoms with Crippen LogP contribution in [0.3, 0.4) is 0 Å². The molecule has 0 heterocycles. The zero-order chi connectivity index (χ0) is 4.50. The minimum atomic E-state index is -5.17. The van der Waals surface area contributed by atoms with E-state index < -0.39 is 10.4 Å². The summed E-state index contributed by atoms with van der Waals surface area (Å²) in [6.45, 7) is 0. The van der Waals surface area contributed by atoms with Crippen molar-refractivity contribution in [2.24, 2.45) is 0 Å². The van der Waals surface area contributed by atoms with Gasteiger partial charge in [0.05, 0.1) is 0 Å². The van der Waals surface area contributed by atoms with E-state index in [0.29, 0.717) is 0 Å². The maximum absolute atomic E-state index is 8.52. The van der Waals surface area contributed by atoms with Gasteiger partial charge in [0.15, 0.2) is 17.4 Å². The first kappa shape index (κ1) is 16.0. The Balaban J connectivity index is -0.0000000800. The Morgan fingerprint density at radius 1 is 1.14 bits per heavy atom. The molecule has 38 valence electrons. The SMILES string of the molecule is O=S(=O)([O-])[O-].[AlH3].[Ba+2]. The first-order valence-electron chi connectivity index (χ1n) is 0.667.